The lowest BCUT2D eigenvalue weighted by molar-refractivity contribution is -0.133. The summed E-state index contributed by atoms with van der Waals surface area (Å²) < 4.78 is 41.7. The number of fused-ring (bicyclic) bond motifs is 1. The lowest BCUT2D eigenvalue weighted by atomic mass is 9.95. The summed E-state index contributed by atoms with van der Waals surface area (Å²) in [6.45, 7) is 6.35. The summed E-state index contributed by atoms with van der Waals surface area (Å²) in [6, 6.07) is -0.202. The van der Waals surface area contributed by atoms with Gasteiger partial charge >= 0.3 is 12.1 Å². The molecule has 2 aliphatic heterocycles. The zero-order chi connectivity index (χ0) is 26.2. The monoisotopic (exact) mass is 498 g/mol. The van der Waals surface area contributed by atoms with Crippen LogP contribution >= 0.6 is 0 Å². The number of carbonyl (C=O) groups excluding carboxylic acids is 2. The van der Waals surface area contributed by atoms with E-state index in [0.29, 0.717) is 31.8 Å². The van der Waals surface area contributed by atoms with Gasteiger partial charge in [0.15, 0.2) is 11.6 Å². The van der Waals surface area contributed by atoms with E-state index in [9.17, 15) is 32.7 Å². The third-order valence-corrected chi connectivity index (χ3v) is 6.77. The Hall–Kier alpha value is -2.98. The van der Waals surface area contributed by atoms with Crippen molar-refractivity contribution in [3.8, 4) is 0 Å². The van der Waals surface area contributed by atoms with Crippen LogP contribution in [0.25, 0.3) is 0 Å². The first kappa shape index (κ1) is 26.6. The van der Waals surface area contributed by atoms with Crippen molar-refractivity contribution in [2.75, 3.05) is 33.7 Å². The number of rotatable bonds is 5. The molecular weight excluding hydrogens is 465 g/mol. The van der Waals surface area contributed by atoms with E-state index >= 15 is 0 Å². The summed E-state index contributed by atoms with van der Waals surface area (Å²) >= 11 is 0. The van der Waals surface area contributed by atoms with Crippen molar-refractivity contribution in [1.82, 2.24) is 19.6 Å². The second-order valence-electron chi connectivity index (χ2n) is 10.5. The minimum atomic E-state index is -1.34. The Bertz CT molecular complexity index is 998. The Morgan fingerprint density at radius 2 is 1.71 bits per heavy atom. The predicted molar refractivity (Wildman–Crippen MR) is 122 cm³/mol. The van der Waals surface area contributed by atoms with Crippen LogP contribution in [0.1, 0.15) is 39.2 Å². The summed E-state index contributed by atoms with van der Waals surface area (Å²) in [7, 11) is 3.32. The Labute approximate surface area is 203 Å². The standard InChI is InChI=1S/C24H33F3N4O4/c1-24(2,3)31(23(34)35)16(8-15-9-18(26)19(27)11-17(15)25)10-21(32)30-7-6-14-12-29(13-20(14)30)22(33)28(4)5/h9,11,14,16,20H,6-8,10,12-13H2,1-5H3,(H,34,35)/t14-,16+,20+/m0/s1. The number of carbonyl (C=O) groups is 3. The van der Waals surface area contributed by atoms with Crippen molar-refractivity contribution in [3.05, 3.63) is 35.1 Å². The van der Waals surface area contributed by atoms with E-state index in [-0.39, 0.29) is 42.3 Å². The van der Waals surface area contributed by atoms with E-state index in [1.54, 1.807) is 44.7 Å². The van der Waals surface area contributed by atoms with Crippen LogP contribution in [0.15, 0.2) is 12.1 Å². The minimum absolute atomic E-state index is 0.128. The van der Waals surface area contributed by atoms with Crippen molar-refractivity contribution < 1.29 is 32.7 Å². The highest BCUT2D eigenvalue weighted by Crippen LogP contribution is 2.33. The van der Waals surface area contributed by atoms with Gasteiger partial charge in [0.1, 0.15) is 5.82 Å². The molecule has 0 aromatic heterocycles. The third kappa shape index (κ3) is 5.65. The number of likely N-dealkylation sites (tertiary alicyclic amines) is 2. The van der Waals surface area contributed by atoms with Crippen molar-refractivity contribution >= 4 is 18.0 Å². The van der Waals surface area contributed by atoms with E-state index in [1.165, 1.54) is 4.90 Å². The summed E-state index contributed by atoms with van der Waals surface area (Å²) in [5.74, 6) is -3.78. The van der Waals surface area contributed by atoms with Gasteiger partial charge in [-0.2, -0.15) is 0 Å². The fraction of sp³-hybridized carbons (Fsp3) is 0.625. The molecule has 0 spiro atoms. The first-order chi connectivity index (χ1) is 16.2. The average Bonchev–Trinajstić information content (AvgIpc) is 3.30. The molecule has 0 bridgehead atoms. The zero-order valence-electron chi connectivity index (χ0n) is 20.7. The molecule has 0 saturated carbocycles. The molecule has 2 heterocycles. The second kappa shape index (κ2) is 9.94. The number of nitrogens with zero attached hydrogens (tertiary/aromatic N) is 4. The van der Waals surface area contributed by atoms with Crippen LogP contribution in [0.5, 0.6) is 0 Å². The fourth-order valence-electron chi connectivity index (χ4n) is 5.25. The molecule has 11 heteroatoms. The molecule has 0 unspecified atom stereocenters. The molecular formula is C24H33F3N4O4. The summed E-state index contributed by atoms with van der Waals surface area (Å²) in [5.41, 5.74) is -1.15. The van der Waals surface area contributed by atoms with Gasteiger partial charge in [-0.25, -0.2) is 22.8 Å². The number of amides is 4. The maximum atomic E-state index is 14.4. The van der Waals surface area contributed by atoms with Crippen molar-refractivity contribution in [2.24, 2.45) is 5.92 Å². The molecule has 0 aliphatic carbocycles. The topological polar surface area (TPSA) is 84.4 Å². The SMILES string of the molecule is CN(C)C(=O)N1C[C@@H]2CCN(C(=O)C[C@@H](Cc3cc(F)c(F)cc3F)N(C(=O)O)C(C)(C)C)[C@@H]2C1. The summed E-state index contributed by atoms with van der Waals surface area (Å²) in [5, 5.41) is 9.93. The molecule has 194 valence electrons. The molecule has 3 rings (SSSR count). The van der Waals surface area contributed by atoms with Gasteiger partial charge in [0.05, 0.1) is 6.04 Å². The van der Waals surface area contributed by atoms with E-state index in [2.05, 4.69) is 0 Å². The number of benzene rings is 1. The van der Waals surface area contributed by atoms with Gasteiger partial charge in [-0.3, -0.25) is 9.69 Å². The van der Waals surface area contributed by atoms with E-state index < -0.39 is 35.1 Å². The number of halogens is 3. The number of hydrogen-bond donors (Lipinski definition) is 1. The lowest BCUT2D eigenvalue weighted by Gasteiger charge is -2.40. The molecule has 1 aromatic carbocycles. The Morgan fingerprint density at radius 1 is 1.09 bits per heavy atom. The predicted octanol–water partition coefficient (Wildman–Crippen LogP) is 3.40. The number of carboxylic acid groups (broad SMARTS) is 1. The van der Waals surface area contributed by atoms with Crippen molar-refractivity contribution in [3.63, 3.8) is 0 Å². The second-order valence-corrected chi connectivity index (χ2v) is 10.5. The van der Waals surface area contributed by atoms with Crippen LogP contribution in [0.2, 0.25) is 0 Å². The molecule has 4 amide bonds. The van der Waals surface area contributed by atoms with Crippen molar-refractivity contribution in [2.45, 2.75) is 57.7 Å². The highest BCUT2D eigenvalue weighted by atomic mass is 19.2. The van der Waals surface area contributed by atoms with Gasteiger partial charge in [0.2, 0.25) is 5.91 Å². The minimum Gasteiger partial charge on any atom is -0.465 e. The van der Waals surface area contributed by atoms with Gasteiger partial charge in [0, 0.05) is 63.7 Å². The van der Waals surface area contributed by atoms with Crippen LogP contribution in [-0.4, -0.2) is 94.1 Å². The molecule has 3 atom stereocenters. The molecule has 8 nitrogen and oxygen atoms in total. The Balaban J connectivity index is 1.85. The third-order valence-electron chi connectivity index (χ3n) is 6.77. The van der Waals surface area contributed by atoms with Gasteiger partial charge in [-0.1, -0.05) is 0 Å². The molecule has 2 aliphatic rings. The molecule has 1 aromatic rings. The van der Waals surface area contributed by atoms with E-state index in [0.717, 1.165) is 11.3 Å². The molecule has 2 fully saturated rings. The van der Waals surface area contributed by atoms with E-state index in [4.69, 9.17) is 0 Å². The molecule has 2 saturated heterocycles. The normalized spacial score (nSPS) is 20.6. The van der Waals surface area contributed by atoms with Crippen molar-refractivity contribution in [1.29, 1.82) is 0 Å². The van der Waals surface area contributed by atoms with Crippen LogP contribution < -0.4 is 0 Å². The fourth-order valence-corrected chi connectivity index (χ4v) is 5.25. The summed E-state index contributed by atoms with van der Waals surface area (Å²) in [6.07, 6.45) is -1.14. The highest BCUT2D eigenvalue weighted by molar-refractivity contribution is 5.79. The van der Waals surface area contributed by atoms with Crippen LogP contribution in [0, 0.1) is 23.4 Å². The maximum Gasteiger partial charge on any atom is 0.408 e. The Morgan fingerprint density at radius 3 is 2.29 bits per heavy atom. The smallest absolute Gasteiger partial charge is 0.408 e. The first-order valence-corrected chi connectivity index (χ1v) is 11.6. The number of hydrogen-bond acceptors (Lipinski definition) is 3. The van der Waals surface area contributed by atoms with Crippen LogP contribution in [0.4, 0.5) is 22.8 Å². The van der Waals surface area contributed by atoms with Crippen LogP contribution in [-0.2, 0) is 11.2 Å². The van der Waals surface area contributed by atoms with Gasteiger partial charge < -0.3 is 19.8 Å². The van der Waals surface area contributed by atoms with Gasteiger partial charge in [-0.15, -0.1) is 0 Å². The highest BCUT2D eigenvalue weighted by Gasteiger charge is 2.46. The lowest BCUT2D eigenvalue weighted by Crippen LogP contribution is -2.54. The molecule has 35 heavy (non-hydrogen) atoms. The first-order valence-electron chi connectivity index (χ1n) is 11.6. The maximum absolute atomic E-state index is 14.4. The largest absolute Gasteiger partial charge is 0.465 e. The van der Waals surface area contributed by atoms with Gasteiger partial charge in [-0.05, 0) is 45.2 Å². The summed E-state index contributed by atoms with van der Waals surface area (Å²) in [4.78, 5) is 43.9. The quantitative estimate of drug-likeness (QED) is 0.631. The van der Waals surface area contributed by atoms with Gasteiger partial charge in [0.25, 0.3) is 0 Å². The Kier molecular flexibility index (Phi) is 7.56. The molecule has 1 N–H and O–H groups in total. The number of urea groups is 1. The average molecular weight is 499 g/mol. The van der Waals surface area contributed by atoms with Crippen LogP contribution in [0.3, 0.4) is 0 Å². The molecule has 0 radical (unpaired) electrons. The zero-order valence-corrected chi connectivity index (χ0v) is 20.7. The van der Waals surface area contributed by atoms with E-state index in [1.807, 2.05) is 0 Å².